The molecule has 0 spiro atoms. The molecule has 0 atom stereocenters. The molecule has 0 N–H and O–H groups in total. The maximum Gasteiger partial charge on any atom is 0.573 e. The molecule has 47 heavy (non-hydrogen) atoms. The lowest BCUT2D eigenvalue weighted by molar-refractivity contribution is -0.274. The van der Waals surface area contributed by atoms with Gasteiger partial charge in [0.15, 0.2) is 0 Å². The summed E-state index contributed by atoms with van der Waals surface area (Å²) >= 11 is 0. The van der Waals surface area contributed by atoms with E-state index in [0.717, 1.165) is 53.9 Å². The highest BCUT2D eigenvalue weighted by atomic mass is 19.4. The van der Waals surface area contributed by atoms with Crippen LogP contribution in [0.25, 0.3) is 0 Å². The molecule has 2 aromatic carbocycles. The van der Waals surface area contributed by atoms with E-state index in [4.69, 9.17) is 0 Å². The zero-order valence-electron chi connectivity index (χ0n) is 28.3. The number of ether oxygens (including phenoxy) is 2. The van der Waals surface area contributed by atoms with Crippen LogP contribution in [0, 0.1) is 35.5 Å². The van der Waals surface area contributed by atoms with Gasteiger partial charge in [-0.1, -0.05) is 63.8 Å². The second-order valence-electron chi connectivity index (χ2n) is 15.3. The average molecular weight is 663 g/mol. The topological polar surface area (TPSA) is 18.5 Å². The molecule has 0 aromatic heterocycles. The fourth-order valence-electron chi connectivity index (χ4n) is 9.23. The van der Waals surface area contributed by atoms with Crippen molar-refractivity contribution >= 4 is 0 Å². The first kappa shape index (κ1) is 36.0. The molecular formula is C40H55F5O2. The third-order valence-corrected chi connectivity index (χ3v) is 12.2. The standard InChI is InChI=1S/C20H27F3O.C20H28F2O/c1-14-2-4-15(5-3-14)16-6-8-17(9-7-16)18-10-12-19(13-11-18)24-20(21,22)23;1-14-2-4-15(5-3-14)16-6-8-17(9-7-16)18-10-12-19(13-11-18)23-20(21)22/h10-17H,2-9H2,1H3;10-17,20H,2-9H2,1H3. The predicted molar refractivity (Wildman–Crippen MR) is 178 cm³/mol. The molecule has 4 aliphatic rings. The number of rotatable bonds is 7. The minimum Gasteiger partial charge on any atom is -0.435 e. The van der Waals surface area contributed by atoms with E-state index in [1.54, 1.807) is 24.3 Å². The summed E-state index contributed by atoms with van der Waals surface area (Å²) in [5.41, 5.74) is 2.43. The van der Waals surface area contributed by atoms with Crippen LogP contribution in [0.5, 0.6) is 11.5 Å². The minimum absolute atomic E-state index is 0.128. The SMILES string of the molecule is CC1CCC(C2CCC(c3ccc(OC(F)(F)F)cc3)CC2)CC1.CC1CCC(C2CCC(c3ccc(OC(F)F)cc3)CC2)CC1. The molecular weight excluding hydrogens is 607 g/mol. The number of hydrogen-bond donors (Lipinski definition) is 0. The van der Waals surface area contributed by atoms with Crippen molar-refractivity contribution in [2.24, 2.45) is 35.5 Å². The van der Waals surface area contributed by atoms with Gasteiger partial charge in [0.25, 0.3) is 0 Å². The third-order valence-electron chi connectivity index (χ3n) is 12.2. The van der Waals surface area contributed by atoms with Gasteiger partial charge in [-0.05, 0) is 160 Å². The van der Waals surface area contributed by atoms with Gasteiger partial charge < -0.3 is 9.47 Å². The molecule has 4 saturated carbocycles. The van der Waals surface area contributed by atoms with E-state index in [0.29, 0.717) is 11.8 Å². The average Bonchev–Trinajstić information content (AvgIpc) is 3.06. The summed E-state index contributed by atoms with van der Waals surface area (Å²) in [6.07, 6.45) is 16.6. The Morgan fingerprint density at radius 2 is 0.809 bits per heavy atom. The van der Waals surface area contributed by atoms with E-state index in [1.807, 2.05) is 12.1 Å². The molecule has 0 saturated heterocycles. The van der Waals surface area contributed by atoms with Crippen LogP contribution in [-0.4, -0.2) is 13.0 Å². The Morgan fingerprint density at radius 3 is 1.13 bits per heavy atom. The van der Waals surface area contributed by atoms with Gasteiger partial charge in [0.2, 0.25) is 0 Å². The molecule has 0 bridgehead atoms. The maximum absolute atomic E-state index is 12.2. The van der Waals surface area contributed by atoms with Gasteiger partial charge in [-0.25, -0.2) is 0 Å². The van der Waals surface area contributed by atoms with Gasteiger partial charge in [0.1, 0.15) is 11.5 Å². The van der Waals surface area contributed by atoms with Crippen molar-refractivity contribution in [1.82, 2.24) is 0 Å². The Hall–Kier alpha value is -2.31. The number of hydrogen-bond acceptors (Lipinski definition) is 2. The highest BCUT2D eigenvalue weighted by Gasteiger charge is 2.33. The quantitative estimate of drug-likeness (QED) is 0.275. The fourth-order valence-corrected chi connectivity index (χ4v) is 9.23. The van der Waals surface area contributed by atoms with E-state index in [9.17, 15) is 22.0 Å². The monoisotopic (exact) mass is 662 g/mol. The summed E-state index contributed by atoms with van der Waals surface area (Å²) < 4.78 is 69.4. The molecule has 6 rings (SSSR count). The summed E-state index contributed by atoms with van der Waals surface area (Å²) in [5.74, 6) is 6.68. The molecule has 0 amide bonds. The van der Waals surface area contributed by atoms with Gasteiger partial charge >= 0.3 is 13.0 Å². The lowest BCUT2D eigenvalue weighted by Crippen LogP contribution is -2.24. The zero-order chi connectivity index (χ0) is 33.4. The largest absolute Gasteiger partial charge is 0.573 e. The molecule has 7 heteroatoms. The lowest BCUT2D eigenvalue weighted by Gasteiger charge is -2.37. The molecule has 4 aliphatic carbocycles. The normalized spacial score (nSPS) is 31.8. The van der Waals surface area contributed by atoms with Crippen molar-refractivity contribution < 1.29 is 31.4 Å². The molecule has 4 fully saturated rings. The van der Waals surface area contributed by atoms with Crippen molar-refractivity contribution in [2.45, 2.75) is 141 Å². The van der Waals surface area contributed by atoms with E-state index >= 15 is 0 Å². The number of halogens is 5. The van der Waals surface area contributed by atoms with E-state index in [-0.39, 0.29) is 11.5 Å². The zero-order valence-corrected chi connectivity index (χ0v) is 28.3. The first-order chi connectivity index (χ1) is 22.5. The van der Waals surface area contributed by atoms with Crippen LogP contribution in [0.4, 0.5) is 22.0 Å². The highest BCUT2D eigenvalue weighted by Crippen LogP contribution is 2.45. The Balaban J connectivity index is 0.000000185. The fraction of sp³-hybridized carbons (Fsp3) is 0.700. The van der Waals surface area contributed by atoms with Crippen molar-refractivity contribution in [2.75, 3.05) is 0 Å². The lowest BCUT2D eigenvalue weighted by atomic mass is 9.68. The first-order valence-electron chi connectivity index (χ1n) is 18.4. The molecule has 262 valence electrons. The molecule has 0 radical (unpaired) electrons. The smallest absolute Gasteiger partial charge is 0.435 e. The summed E-state index contributed by atoms with van der Waals surface area (Å²) in [7, 11) is 0. The molecule has 2 aromatic rings. The number of benzene rings is 2. The Labute approximate surface area is 279 Å². The Kier molecular flexibility index (Phi) is 12.9. The van der Waals surface area contributed by atoms with Gasteiger partial charge in [-0.2, -0.15) is 8.78 Å². The Morgan fingerprint density at radius 1 is 0.489 bits per heavy atom. The van der Waals surface area contributed by atoms with Crippen molar-refractivity contribution in [3.8, 4) is 11.5 Å². The summed E-state index contributed by atoms with van der Waals surface area (Å²) in [4.78, 5) is 0. The van der Waals surface area contributed by atoms with Gasteiger partial charge in [-0.15, -0.1) is 13.2 Å². The van der Waals surface area contributed by atoms with Crippen LogP contribution in [-0.2, 0) is 0 Å². The molecule has 2 nitrogen and oxygen atoms in total. The maximum atomic E-state index is 12.2. The van der Waals surface area contributed by atoms with Crippen molar-refractivity contribution in [1.29, 1.82) is 0 Å². The van der Waals surface area contributed by atoms with Crippen LogP contribution < -0.4 is 9.47 Å². The molecule has 0 heterocycles. The van der Waals surface area contributed by atoms with Crippen LogP contribution >= 0.6 is 0 Å². The summed E-state index contributed by atoms with van der Waals surface area (Å²) in [5, 5.41) is 0. The summed E-state index contributed by atoms with van der Waals surface area (Å²) in [6, 6.07) is 13.8. The van der Waals surface area contributed by atoms with E-state index in [2.05, 4.69) is 23.3 Å². The highest BCUT2D eigenvalue weighted by molar-refractivity contribution is 5.30. The van der Waals surface area contributed by atoms with Crippen LogP contribution in [0.15, 0.2) is 48.5 Å². The van der Waals surface area contributed by atoms with Gasteiger partial charge in [-0.3, -0.25) is 0 Å². The van der Waals surface area contributed by atoms with Crippen molar-refractivity contribution in [3.63, 3.8) is 0 Å². The minimum atomic E-state index is -4.61. The van der Waals surface area contributed by atoms with Gasteiger partial charge in [0.05, 0.1) is 0 Å². The van der Waals surface area contributed by atoms with Crippen LogP contribution in [0.3, 0.4) is 0 Å². The first-order valence-corrected chi connectivity index (χ1v) is 18.4. The van der Waals surface area contributed by atoms with E-state index < -0.39 is 13.0 Å². The predicted octanol–water partition coefficient (Wildman–Crippen LogP) is 13.1. The Bertz CT molecular complexity index is 1160. The van der Waals surface area contributed by atoms with Gasteiger partial charge in [0, 0.05) is 0 Å². The van der Waals surface area contributed by atoms with E-state index in [1.165, 1.54) is 108 Å². The third kappa shape index (κ3) is 11.1. The number of alkyl halides is 5. The summed E-state index contributed by atoms with van der Waals surface area (Å²) in [6.45, 7) is 2.00. The second-order valence-corrected chi connectivity index (χ2v) is 15.3. The van der Waals surface area contributed by atoms with Crippen molar-refractivity contribution in [3.05, 3.63) is 59.7 Å². The second kappa shape index (κ2) is 16.9. The molecule has 0 aliphatic heterocycles. The van der Waals surface area contributed by atoms with Crippen LogP contribution in [0.2, 0.25) is 0 Å². The van der Waals surface area contributed by atoms with Crippen LogP contribution in [0.1, 0.15) is 140 Å². The molecule has 0 unspecified atom stereocenters.